The molecule has 0 saturated carbocycles. The Morgan fingerprint density at radius 1 is 1.19 bits per heavy atom. The quantitative estimate of drug-likeness (QED) is 0.256. The van der Waals surface area contributed by atoms with Crippen molar-refractivity contribution in [2.24, 2.45) is 17.6 Å². The fraction of sp³-hybridized carbons (Fsp3) is 0.778. The lowest BCUT2D eigenvalue weighted by Crippen LogP contribution is -2.56. The Balaban J connectivity index is 4.38. The third kappa shape index (κ3) is 4.13. The maximum atomic E-state index is 11.7. The fourth-order valence-corrected chi connectivity index (χ4v) is 1.36. The number of hydrazine groups is 2. The van der Waals surface area contributed by atoms with Crippen LogP contribution in [0.2, 0.25) is 0 Å². The van der Waals surface area contributed by atoms with E-state index in [2.05, 4.69) is 10.6 Å². The summed E-state index contributed by atoms with van der Waals surface area (Å²) in [7, 11) is 1.69. The number of carbonyl (C=O) groups excluding carboxylic acids is 2. The van der Waals surface area contributed by atoms with Gasteiger partial charge in [-0.2, -0.15) is 0 Å². The van der Waals surface area contributed by atoms with Gasteiger partial charge in [0.1, 0.15) is 6.04 Å². The summed E-state index contributed by atoms with van der Waals surface area (Å²) in [6.07, 6.45) is 0. The summed E-state index contributed by atoms with van der Waals surface area (Å²) in [5, 5.41) is 5.88. The first-order chi connectivity index (χ1) is 7.31. The lowest BCUT2D eigenvalue weighted by atomic mass is 10.0. The summed E-state index contributed by atoms with van der Waals surface area (Å²) >= 11 is 0. The Morgan fingerprint density at radius 2 is 1.69 bits per heavy atom. The van der Waals surface area contributed by atoms with E-state index in [1.807, 2.05) is 13.8 Å². The normalized spacial score (nSPS) is 14.4. The first-order valence-electron chi connectivity index (χ1n) is 5.12. The average Bonchev–Trinajstić information content (AvgIpc) is 2.16. The SMILES string of the molecule is CN[C@H](C(=O)N[C@@H](C)C(=O)N(N)N)C(C)C. The minimum Gasteiger partial charge on any atom is -0.343 e. The van der Waals surface area contributed by atoms with Gasteiger partial charge in [-0.25, -0.2) is 16.8 Å². The number of nitrogens with two attached hydrogens (primary N) is 2. The van der Waals surface area contributed by atoms with Gasteiger partial charge in [0.25, 0.3) is 5.91 Å². The lowest BCUT2D eigenvalue weighted by Gasteiger charge is -2.23. The van der Waals surface area contributed by atoms with Gasteiger partial charge >= 0.3 is 0 Å². The molecular weight excluding hydrogens is 210 g/mol. The number of likely N-dealkylation sites (N-methyl/N-ethyl adjacent to an activating group) is 1. The molecule has 7 heteroatoms. The van der Waals surface area contributed by atoms with Crippen LogP contribution in [0.1, 0.15) is 20.8 Å². The molecule has 94 valence electrons. The van der Waals surface area contributed by atoms with Crippen LogP contribution in [0.25, 0.3) is 0 Å². The van der Waals surface area contributed by atoms with Gasteiger partial charge in [0.2, 0.25) is 5.91 Å². The van der Waals surface area contributed by atoms with Crippen LogP contribution in [-0.2, 0) is 9.59 Å². The molecule has 0 aromatic carbocycles. The maximum absolute atomic E-state index is 11.7. The molecule has 0 fully saturated rings. The largest absolute Gasteiger partial charge is 0.343 e. The van der Waals surface area contributed by atoms with Crippen molar-refractivity contribution in [1.82, 2.24) is 15.8 Å². The van der Waals surface area contributed by atoms with Gasteiger partial charge < -0.3 is 10.6 Å². The van der Waals surface area contributed by atoms with Crippen molar-refractivity contribution in [1.29, 1.82) is 0 Å². The predicted octanol–water partition coefficient (Wildman–Crippen LogP) is -1.69. The Bertz CT molecular complexity index is 254. The fourth-order valence-electron chi connectivity index (χ4n) is 1.36. The second-order valence-corrected chi connectivity index (χ2v) is 3.99. The molecule has 0 rings (SSSR count). The molecule has 0 radical (unpaired) electrons. The van der Waals surface area contributed by atoms with E-state index < -0.39 is 11.9 Å². The molecule has 0 aliphatic heterocycles. The molecule has 0 bridgehead atoms. The third-order valence-corrected chi connectivity index (χ3v) is 2.24. The highest BCUT2D eigenvalue weighted by atomic mass is 16.2. The number of hydrogen-bond acceptors (Lipinski definition) is 5. The number of rotatable bonds is 5. The number of amides is 2. The van der Waals surface area contributed by atoms with Gasteiger partial charge in [-0.1, -0.05) is 13.8 Å². The average molecular weight is 231 g/mol. The number of nitrogens with zero attached hydrogens (tertiary/aromatic N) is 1. The van der Waals surface area contributed by atoms with Crippen molar-refractivity contribution in [3.05, 3.63) is 0 Å². The minimum absolute atomic E-state index is 0.124. The van der Waals surface area contributed by atoms with Gasteiger partial charge in [0, 0.05) is 0 Å². The molecule has 0 saturated heterocycles. The van der Waals surface area contributed by atoms with Gasteiger partial charge in [-0.15, -0.1) is 0 Å². The van der Waals surface area contributed by atoms with E-state index in [1.165, 1.54) is 6.92 Å². The zero-order valence-electron chi connectivity index (χ0n) is 10.2. The molecule has 16 heavy (non-hydrogen) atoms. The van der Waals surface area contributed by atoms with Crippen molar-refractivity contribution in [3.8, 4) is 0 Å². The van der Waals surface area contributed by atoms with Crippen LogP contribution in [-0.4, -0.2) is 36.1 Å². The van der Waals surface area contributed by atoms with Gasteiger partial charge in [0.15, 0.2) is 0 Å². The Hall–Kier alpha value is -1.18. The monoisotopic (exact) mass is 231 g/mol. The molecule has 2 amide bonds. The Kier molecular flexibility index (Phi) is 5.94. The zero-order valence-corrected chi connectivity index (χ0v) is 10.2. The molecule has 0 spiro atoms. The van der Waals surface area contributed by atoms with Gasteiger partial charge in [-0.05, 0) is 19.9 Å². The van der Waals surface area contributed by atoms with Gasteiger partial charge in [-0.3, -0.25) is 9.59 Å². The molecule has 6 N–H and O–H groups in total. The van der Waals surface area contributed by atoms with Crippen LogP contribution in [0, 0.1) is 5.92 Å². The van der Waals surface area contributed by atoms with E-state index in [1.54, 1.807) is 7.05 Å². The van der Waals surface area contributed by atoms with E-state index >= 15 is 0 Å². The van der Waals surface area contributed by atoms with Crippen molar-refractivity contribution in [2.75, 3.05) is 7.05 Å². The van der Waals surface area contributed by atoms with E-state index in [9.17, 15) is 9.59 Å². The Morgan fingerprint density at radius 3 is 2.00 bits per heavy atom. The van der Waals surface area contributed by atoms with E-state index in [-0.39, 0.29) is 17.9 Å². The summed E-state index contributed by atoms with van der Waals surface area (Å²) in [5.41, 5.74) is 0. The van der Waals surface area contributed by atoms with Crippen LogP contribution in [0.4, 0.5) is 0 Å². The number of nitrogens with one attached hydrogen (secondary N) is 2. The highest BCUT2D eigenvalue weighted by Gasteiger charge is 2.24. The van der Waals surface area contributed by atoms with E-state index in [0.717, 1.165) is 0 Å². The van der Waals surface area contributed by atoms with Crippen LogP contribution < -0.4 is 22.3 Å². The maximum Gasteiger partial charge on any atom is 0.273 e. The molecule has 2 atom stereocenters. The molecular formula is C9H21N5O2. The highest BCUT2D eigenvalue weighted by Crippen LogP contribution is 2.01. The standard InChI is InChI=1S/C9H21N5O2/c1-5(2)7(12-4)8(15)13-6(3)9(16)14(10)11/h5-7,12H,10-11H2,1-4H3,(H,13,15)/t6-,7-/m0/s1. The summed E-state index contributed by atoms with van der Waals surface area (Å²) in [6, 6.07) is -1.09. The highest BCUT2D eigenvalue weighted by molar-refractivity contribution is 5.89. The minimum atomic E-state index is -0.739. The summed E-state index contributed by atoms with van der Waals surface area (Å²) in [6.45, 7) is 5.34. The topological polar surface area (TPSA) is 113 Å². The second-order valence-electron chi connectivity index (χ2n) is 3.99. The molecule has 0 unspecified atom stereocenters. The van der Waals surface area contributed by atoms with Crippen LogP contribution in [0.5, 0.6) is 0 Å². The summed E-state index contributed by atoms with van der Waals surface area (Å²) in [4.78, 5) is 23.0. The molecule has 0 aromatic rings. The molecule has 7 nitrogen and oxygen atoms in total. The van der Waals surface area contributed by atoms with Crippen LogP contribution in [0.15, 0.2) is 0 Å². The van der Waals surface area contributed by atoms with E-state index in [0.29, 0.717) is 5.12 Å². The van der Waals surface area contributed by atoms with Crippen LogP contribution in [0.3, 0.4) is 0 Å². The number of carbonyl (C=O) groups is 2. The van der Waals surface area contributed by atoms with E-state index in [4.69, 9.17) is 11.7 Å². The summed E-state index contributed by atoms with van der Waals surface area (Å²) < 4.78 is 0. The molecule has 0 aliphatic carbocycles. The van der Waals surface area contributed by atoms with Crippen molar-refractivity contribution in [3.63, 3.8) is 0 Å². The third-order valence-electron chi connectivity index (χ3n) is 2.24. The smallest absolute Gasteiger partial charge is 0.273 e. The van der Waals surface area contributed by atoms with Gasteiger partial charge in [0.05, 0.1) is 6.04 Å². The molecule has 0 heterocycles. The van der Waals surface area contributed by atoms with Crippen molar-refractivity contribution >= 4 is 11.8 Å². The lowest BCUT2D eigenvalue weighted by molar-refractivity contribution is -0.137. The van der Waals surface area contributed by atoms with Crippen molar-refractivity contribution < 1.29 is 9.59 Å². The van der Waals surface area contributed by atoms with Crippen LogP contribution >= 0.6 is 0 Å². The van der Waals surface area contributed by atoms with Crippen molar-refractivity contribution in [2.45, 2.75) is 32.9 Å². The zero-order chi connectivity index (χ0) is 12.9. The first-order valence-corrected chi connectivity index (χ1v) is 5.12. The number of hydrogen-bond donors (Lipinski definition) is 4. The first kappa shape index (κ1) is 14.8. The molecule has 0 aromatic heterocycles. The Labute approximate surface area is 95.5 Å². The summed E-state index contributed by atoms with van der Waals surface area (Å²) in [5.74, 6) is 9.48. The predicted molar refractivity (Wildman–Crippen MR) is 60.5 cm³/mol. The molecule has 0 aliphatic rings. The second kappa shape index (κ2) is 6.41.